The van der Waals surface area contributed by atoms with Gasteiger partial charge < -0.3 is 15.0 Å². The zero-order valence-electron chi connectivity index (χ0n) is 16.3. The summed E-state index contributed by atoms with van der Waals surface area (Å²) in [4.78, 5) is 19.2. The van der Waals surface area contributed by atoms with Gasteiger partial charge in [0.25, 0.3) is 0 Å². The maximum atomic E-state index is 13.0. The van der Waals surface area contributed by atoms with E-state index in [1.807, 2.05) is 55.5 Å². The predicted octanol–water partition coefficient (Wildman–Crippen LogP) is 5.73. The summed E-state index contributed by atoms with van der Waals surface area (Å²) >= 11 is 6.41. The molecular weight excluding hydrogens is 374 g/mol. The molecule has 2 aromatic carbocycles. The monoisotopic (exact) mass is 397 g/mol. The van der Waals surface area contributed by atoms with Crippen molar-refractivity contribution in [1.29, 1.82) is 0 Å². The molecule has 0 aliphatic heterocycles. The van der Waals surface area contributed by atoms with Crippen LogP contribution in [-0.2, 0) is 6.54 Å². The Balaban J connectivity index is 1.85. The van der Waals surface area contributed by atoms with Gasteiger partial charge in [-0.05, 0) is 37.6 Å². The Morgan fingerprint density at radius 3 is 2.75 bits per heavy atom. The number of methoxy groups -OCH3 is 1. The number of nitrogens with zero attached hydrogens (tertiary/aromatic N) is 2. The molecule has 6 heteroatoms. The number of urea groups is 1. The lowest BCUT2D eigenvalue weighted by atomic mass is 10.1. The maximum absolute atomic E-state index is 13.0. The number of aromatic nitrogens is 1. The van der Waals surface area contributed by atoms with Crippen LogP contribution in [0.3, 0.4) is 0 Å². The molecule has 0 spiro atoms. The highest BCUT2D eigenvalue weighted by atomic mass is 35.5. The normalized spacial score (nSPS) is 11.9. The number of rotatable bonds is 6. The maximum Gasteiger partial charge on any atom is 0.322 e. The van der Waals surface area contributed by atoms with Crippen LogP contribution in [0.2, 0.25) is 5.15 Å². The van der Waals surface area contributed by atoms with Gasteiger partial charge in [-0.2, -0.15) is 0 Å². The van der Waals surface area contributed by atoms with Gasteiger partial charge >= 0.3 is 6.03 Å². The van der Waals surface area contributed by atoms with Crippen molar-refractivity contribution in [2.75, 3.05) is 12.4 Å². The fraction of sp³-hybridized carbons (Fsp3) is 0.273. The molecule has 0 saturated heterocycles. The Hall–Kier alpha value is -2.79. The van der Waals surface area contributed by atoms with Crippen molar-refractivity contribution in [2.45, 2.75) is 32.9 Å². The van der Waals surface area contributed by atoms with Gasteiger partial charge in [0.2, 0.25) is 0 Å². The molecule has 1 aromatic heterocycles. The van der Waals surface area contributed by atoms with Crippen LogP contribution in [0.1, 0.15) is 25.8 Å². The van der Waals surface area contributed by atoms with Gasteiger partial charge in [-0.15, -0.1) is 0 Å². The molecule has 0 bridgehead atoms. The molecule has 0 radical (unpaired) electrons. The number of ether oxygens (including phenoxy) is 1. The lowest BCUT2D eigenvalue weighted by molar-refractivity contribution is 0.187. The Kier molecular flexibility index (Phi) is 6.37. The van der Waals surface area contributed by atoms with E-state index >= 15 is 0 Å². The topological polar surface area (TPSA) is 54.5 Å². The summed E-state index contributed by atoms with van der Waals surface area (Å²) in [5, 5.41) is 4.37. The number of pyridine rings is 1. The molecule has 0 fully saturated rings. The van der Waals surface area contributed by atoms with Gasteiger partial charge in [0.1, 0.15) is 10.9 Å². The zero-order valence-corrected chi connectivity index (χ0v) is 17.0. The van der Waals surface area contributed by atoms with Crippen molar-refractivity contribution in [2.24, 2.45) is 0 Å². The van der Waals surface area contributed by atoms with Crippen LogP contribution >= 0.6 is 11.6 Å². The van der Waals surface area contributed by atoms with E-state index < -0.39 is 0 Å². The molecule has 5 nitrogen and oxygen atoms in total. The Bertz CT molecular complexity index is 977. The minimum atomic E-state index is -0.188. The molecule has 3 rings (SSSR count). The highest BCUT2D eigenvalue weighted by Gasteiger charge is 2.21. The lowest BCUT2D eigenvalue weighted by Crippen LogP contribution is -2.40. The second-order valence-electron chi connectivity index (χ2n) is 6.68. The molecule has 0 saturated carbocycles. The fourth-order valence-corrected chi connectivity index (χ4v) is 3.18. The third kappa shape index (κ3) is 4.54. The number of carbonyl (C=O) groups excluding carboxylic acids is 1. The minimum Gasteiger partial charge on any atom is -0.497 e. The van der Waals surface area contributed by atoms with Crippen molar-refractivity contribution in [3.63, 3.8) is 0 Å². The SMILES string of the molecule is CCC(C)N(Cc1cc2ccccc2nc1Cl)C(=O)Nc1cccc(OC)c1. The summed E-state index contributed by atoms with van der Waals surface area (Å²) in [5.74, 6) is 0.690. The van der Waals surface area contributed by atoms with Crippen LogP contribution in [0.25, 0.3) is 10.9 Å². The fourth-order valence-electron chi connectivity index (χ4n) is 2.97. The first-order valence-corrected chi connectivity index (χ1v) is 9.65. The first kappa shape index (κ1) is 20.0. The molecule has 1 atom stereocenters. The number of hydrogen-bond donors (Lipinski definition) is 1. The van der Waals surface area contributed by atoms with E-state index in [4.69, 9.17) is 16.3 Å². The number of halogens is 1. The summed E-state index contributed by atoms with van der Waals surface area (Å²) in [6, 6.07) is 17.0. The summed E-state index contributed by atoms with van der Waals surface area (Å²) < 4.78 is 5.23. The van der Waals surface area contributed by atoms with E-state index in [0.29, 0.717) is 23.1 Å². The van der Waals surface area contributed by atoms with E-state index in [-0.39, 0.29) is 12.1 Å². The molecule has 0 aliphatic carbocycles. The van der Waals surface area contributed by atoms with Crippen LogP contribution in [-0.4, -0.2) is 29.1 Å². The Labute approximate surface area is 170 Å². The highest BCUT2D eigenvalue weighted by Crippen LogP contribution is 2.24. The quantitative estimate of drug-likeness (QED) is 0.540. The number of fused-ring (bicyclic) bond motifs is 1. The number of para-hydroxylation sites is 1. The molecule has 2 amide bonds. The van der Waals surface area contributed by atoms with Gasteiger partial charge in [-0.1, -0.05) is 42.8 Å². The van der Waals surface area contributed by atoms with Crippen LogP contribution in [0.4, 0.5) is 10.5 Å². The largest absolute Gasteiger partial charge is 0.497 e. The average Bonchev–Trinajstić information content (AvgIpc) is 2.71. The van der Waals surface area contributed by atoms with Gasteiger partial charge in [0.15, 0.2) is 0 Å². The lowest BCUT2D eigenvalue weighted by Gasteiger charge is -2.29. The van der Waals surface area contributed by atoms with E-state index in [2.05, 4.69) is 17.2 Å². The minimum absolute atomic E-state index is 0.0353. The van der Waals surface area contributed by atoms with Gasteiger partial charge in [0.05, 0.1) is 19.2 Å². The second-order valence-corrected chi connectivity index (χ2v) is 7.04. The van der Waals surface area contributed by atoms with Gasteiger partial charge in [0, 0.05) is 28.7 Å². The van der Waals surface area contributed by atoms with Crippen molar-refractivity contribution in [3.8, 4) is 5.75 Å². The van der Waals surface area contributed by atoms with Crippen molar-refractivity contribution >= 4 is 34.2 Å². The number of anilines is 1. The number of benzene rings is 2. The molecule has 146 valence electrons. The molecule has 0 aliphatic rings. The Morgan fingerprint density at radius 1 is 1.21 bits per heavy atom. The van der Waals surface area contributed by atoms with Gasteiger partial charge in [-0.25, -0.2) is 9.78 Å². The standard InChI is InChI=1S/C22H24ClN3O2/c1-4-15(2)26(22(27)24-18-9-7-10-19(13-18)28-3)14-17-12-16-8-5-6-11-20(16)25-21(17)23/h5-13,15H,4,14H2,1-3H3,(H,24,27). The van der Waals surface area contributed by atoms with Crippen molar-refractivity contribution < 1.29 is 9.53 Å². The van der Waals surface area contributed by atoms with E-state index in [1.54, 1.807) is 18.1 Å². The molecule has 28 heavy (non-hydrogen) atoms. The molecule has 3 aromatic rings. The van der Waals surface area contributed by atoms with Crippen LogP contribution in [0.5, 0.6) is 5.75 Å². The van der Waals surface area contributed by atoms with Crippen molar-refractivity contribution in [1.82, 2.24) is 9.88 Å². The van der Waals surface area contributed by atoms with Crippen LogP contribution in [0, 0.1) is 0 Å². The van der Waals surface area contributed by atoms with Gasteiger partial charge in [-0.3, -0.25) is 0 Å². The number of carbonyl (C=O) groups is 1. The van der Waals surface area contributed by atoms with Crippen molar-refractivity contribution in [3.05, 3.63) is 65.3 Å². The van der Waals surface area contributed by atoms with E-state index in [1.165, 1.54) is 0 Å². The number of nitrogens with one attached hydrogen (secondary N) is 1. The summed E-state index contributed by atoms with van der Waals surface area (Å²) in [7, 11) is 1.60. The number of hydrogen-bond acceptors (Lipinski definition) is 3. The van der Waals surface area contributed by atoms with Crippen LogP contribution in [0.15, 0.2) is 54.6 Å². The predicted molar refractivity (Wildman–Crippen MR) is 114 cm³/mol. The third-order valence-electron chi connectivity index (χ3n) is 4.80. The number of amides is 2. The van der Waals surface area contributed by atoms with E-state index in [9.17, 15) is 4.79 Å². The zero-order chi connectivity index (χ0) is 20.1. The van der Waals surface area contributed by atoms with E-state index in [0.717, 1.165) is 22.9 Å². The molecular formula is C22H24ClN3O2. The first-order chi connectivity index (χ1) is 13.5. The Morgan fingerprint density at radius 2 is 2.00 bits per heavy atom. The summed E-state index contributed by atoms with van der Waals surface area (Å²) in [6.07, 6.45) is 0.824. The third-order valence-corrected chi connectivity index (χ3v) is 5.12. The summed E-state index contributed by atoms with van der Waals surface area (Å²) in [6.45, 7) is 4.45. The molecule has 1 unspecified atom stereocenters. The molecule has 1 heterocycles. The van der Waals surface area contributed by atoms with Crippen LogP contribution < -0.4 is 10.1 Å². The first-order valence-electron chi connectivity index (χ1n) is 9.27. The summed E-state index contributed by atoms with van der Waals surface area (Å²) in [5.41, 5.74) is 2.34. The second kappa shape index (κ2) is 8.93. The average molecular weight is 398 g/mol. The smallest absolute Gasteiger partial charge is 0.322 e. The highest BCUT2D eigenvalue weighted by molar-refractivity contribution is 6.30. The molecule has 1 N–H and O–H groups in total.